The van der Waals surface area contributed by atoms with Crippen LogP contribution >= 0.6 is 0 Å². The normalized spacial score (nSPS) is 24.4. The van der Waals surface area contributed by atoms with Gasteiger partial charge in [-0.3, -0.25) is 4.90 Å². The minimum Gasteiger partial charge on any atom is -0.444 e. The Kier molecular flexibility index (Phi) is 4.85. The van der Waals surface area contributed by atoms with Crippen LogP contribution in [0.2, 0.25) is 0 Å². The predicted molar refractivity (Wildman–Crippen MR) is 73.0 cm³/mol. The quantitative estimate of drug-likeness (QED) is 0.793. The molecule has 1 rings (SSSR count). The maximum absolute atomic E-state index is 12.3. The lowest BCUT2D eigenvalue weighted by Gasteiger charge is -2.35. The van der Waals surface area contributed by atoms with Crippen LogP contribution in [0.25, 0.3) is 0 Å². The number of hydrogen-bond donors (Lipinski definition) is 0. The third-order valence-electron chi connectivity index (χ3n) is 3.17. The third-order valence-corrected chi connectivity index (χ3v) is 3.17. The van der Waals surface area contributed by atoms with Crippen LogP contribution in [0.4, 0.5) is 4.79 Å². The van der Waals surface area contributed by atoms with Crippen LogP contribution in [0.1, 0.15) is 48.0 Å². The van der Waals surface area contributed by atoms with Crippen molar-refractivity contribution < 1.29 is 19.0 Å². The summed E-state index contributed by atoms with van der Waals surface area (Å²) in [6.07, 6.45) is 0.481. The number of nitrogens with zero attached hydrogens (tertiary/aromatic N) is 1. The summed E-state index contributed by atoms with van der Waals surface area (Å²) >= 11 is 0. The monoisotopic (exact) mass is 273 g/mol. The molecule has 0 aliphatic carbocycles. The fraction of sp³-hybridized carbons (Fsp3) is 0.929. The van der Waals surface area contributed by atoms with Gasteiger partial charge in [0.25, 0.3) is 0 Å². The van der Waals surface area contributed by atoms with Crippen LogP contribution in [-0.2, 0) is 14.2 Å². The maximum atomic E-state index is 12.3. The Labute approximate surface area is 116 Å². The van der Waals surface area contributed by atoms with Gasteiger partial charge in [-0.05, 0) is 48.0 Å². The molecule has 0 saturated carbocycles. The van der Waals surface area contributed by atoms with Crippen molar-refractivity contribution in [3.8, 4) is 0 Å². The molecule has 1 aliphatic heterocycles. The molecule has 0 bridgehead atoms. The predicted octanol–water partition coefficient (Wildman–Crippen LogP) is 2.78. The van der Waals surface area contributed by atoms with E-state index in [9.17, 15) is 4.79 Å². The molecule has 0 N–H and O–H groups in total. The fourth-order valence-electron chi connectivity index (χ4n) is 2.22. The minimum absolute atomic E-state index is 0.0141. The summed E-state index contributed by atoms with van der Waals surface area (Å²) < 4.78 is 16.5. The average Bonchev–Trinajstić information content (AvgIpc) is 2.51. The van der Waals surface area contributed by atoms with Gasteiger partial charge in [0.1, 0.15) is 11.3 Å². The second-order valence-corrected chi connectivity index (χ2v) is 6.54. The van der Waals surface area contributed by atoms with E-state index in [0.717, 1.165) is 6.42 Å². The highest BCUT2D eigenvalue weighted by Gasteiger charge is 2.45. The summed E-state index contributed by atoms with van der Waals surface area (Å²) in [5.74, 6) is 0. The third kappa shape index (κ3) is 4.35. The van der Waals surface area contributed by atoms with Crippen LogP contribution in [0.15, 0.2) is 0 Å². The molecule has 1 aliphatic rings. The van der Waals surface area contributed by atoms with Gasteiger partial charge in [0.15, 0.2) is 0 Å². The molecule has 2 atom stereocenters. The van der Waals surface area contributed by atoms with Gasteiger partial charge in [-0.1, -0.05) is 0 Å². The molecule has 0 unspecified atom stereocenters. The summed E-state index contributed by atoms with van der Waals surface area (Å²) in [6.45, 7) is 11.9. The van der Waals surface area contributed by atoms with E-state index >= 15 is 0 Å². The molecule has 0 aromatic carbocycles. The van der Waals surface area contributed by atoms with Crippen LogP contribution in [0.3, 0.4) is 0 Å². The molecule has 0 radical (unpaired) electrons. The second-order valence-electron chi connectivity index (χ2n) is 6.54. The van der Waals surface area contributed by atoms with E-state index in [4.69, 9.17) is 14.2 Å². The van der Waals surface area contributed by atoms with Gasteiger partial charge in [0.2, 0.25) is 0 Å². The summed E-state index contributed by atoms with van der Waals surface area (Å²) in [4.78, 5) is 14.0. The first-order valence-corrected chi connectivity index (χ1v) is 6.76. The Morgan fingerprint density at radius 1 is 1.47 bits per heavy atom. The number of carbonyl (C=O) groups excluding carboxylic acids is 1. The van der Waals surface area contributed by atoms with E-state index in [1.54, 1.807) is 12.0 Å². The molecular weight excluding hydrogens is 246 g/mol. The van der Waals surface area contributed by atoms with Gasteiger partial charge in [-0.25, -0.2) is 4.79 Å². The molecule has 112 valence electrons. The molecule has 1 fully saturated rings. The second kappa shape index (κ2) is 5.67. The van der Waals surface area contributed by atoms with Gasteiger partial charge in [-0.15, -0.1) is 0 Å². The summed E-state index contributed by atoms with van der Waals surface area (Å²) in [5, 5.41) is 0. The standard InChI is InChI=1S/C14H27NO4/c1-10(17-7)8-11-9-18-14(5,6)15(11)12(16)19-13(2,3)4/h10-11H,8-9H2,1-7H3/t10-,11+/m1/s1. The molecule has 5 heteroatoms. The zero-order valence-electron chi connectivity index (χ0n) is 13.1. The van der Waals surface area contributed by atoms with Crippen LogP contribution < -0.4 is 0 Å². The SMILES string of the molecule is CO[C@H](C)C[C@H]1COC(C)(C)N1C(=O)OC(C)(C)C. The summed E-state index contributed by atoms with van der Waals surface area (Å²) in [7, 11) is 1.67. The Morgan fingerprint density at radius 2 is 2.05 bits per heavy atom. The number of amides is 1. The zero-order valence-corrected chi connectivity index (χ0v) is 13.1. The number of methoxy groups -OCH3 is 1. The van der Waals surface area contributed by atoms with Crippen molar-refractivity contribution >= 4 is 6.09 Å². The van der Waals surface area contributed by atoms with Crippen molar-refractivity contribution in [1.82, 2.24) is 4.90 Å². The van der Waals surface area contributed by atoms with E-state index < -0.39 is 11.3 Å². The molecule has 5 nitrogen and oxygen atoms in total. The largest absolute Gasteiger partial charge is 0.444 e. The highest BCUT2D eigenvalue weighted by atomic mass is 16.6. The van der Waals surface area contributed by atoms with E-state index in [1.165, 1.54) is 0 Å². The molecule has 19 heavy (non-hydrogen) atoms. The van der Waals surface area contributed by atoms with E-state index in [2.05, 4.69) is 0 Å². The lowest BCUT2D eigenvalue weighted by molar-refractivity contribution is -0.0639. The Hall–Kier alpha value is -0.810. The topological polar surface area (TPSA) is 48.0 Å². The average molecular weight is 273 g/mol. The molecular formula is C14H27NO4. The van der Waals surface area contributed by atoms with E-state index in [1.807, 2.05) is 41.5 Å². The highest BCUT2D eigenvalue weighted by molar-refractivity contribution is 5.69. The van der Waals surface area contributed by atoms with Gasteiger partial charge in [0.05, 0.1) is 18.8 Å². The fourth-order valence-corrected chi connectivity index (χ4v) is 2.22. The first-order valence-electron chi connectivity index (χ1n) is 6.76. The number of ether oxygens (including phenoxy) is 3. The van der Waals surface area contributed by atoms with Gasteiger partial charge >= 0.3 is 6.09 Å². The van der Waals surface area contributed by atoms with Crippen molar-refractivity contribution in [2.24, 2.45) is 0 Å². The van der Waals surface area contributed by atoms with Crippen molar-refractivity contribution in [3.63, 3.8) is 0 Å². The Bertz CT molecular complexity index is 322. The summed E-state index contributed by atoms with van der Waals surface area (Å²) in [5.41, 5.74) is -1.15. The number of rotatable bonds is 3. The zero-order chi connectivity index (χ0) is 14.8. The lowest BCUT2D eigenvalue weighted by Crippen LogP contribution is -2.50. The van der Waals surface area contributed by atoms with Gasteiger partial charge in [-0.2, -0.15) is 0 Å². The molecule has 1 saturated heterocycles. The molecule has 0 aromatic rings. The summed E-state index contributed by atoms with van der Waals surface area (Å²) in [6, 6.07) is -0.0141. The van der Waals surface area contributed by atoms with Crippen molar-refractivity contribution in [2.45, 2.75) is 71.4 Å². The van der Waals surface area contributed by atoms with Gasteiger partial charge in [0, 0.05) is 7.11 Å². The first kappa shape index (κ1) is 16.2. The lowest BCUT2D eigenvalue weighted by atomic mass is 10.1. The maximum Gasteiger partial charge on any atom is 0.412 e. The van der Waals surface area contributed by atoms with Crippen LogP contribution in [-0.4, -0.2) is 48.2 Å². The van der Waals surface area contributed by atoms with Crippen LogP contribution in [0, 0.1) is 0 Å². The van der Waals surface area contributed by atoms with Crippen LogP contribution in [0.5, 0.6) is 0 Å². The Balaban J connectivity index is 2.81. The molecule has 0 spiro atoms. The minimum atomic E-state index is -0.638. The highest BCUT2D eigenvalue weighted by Crippen LogP contribution is 2.31. The molecule has 0 aromatic heterocycles. The van der Waals surface area contributed by atoms with E-state index in [-0.39, 0.29) is 18.2 Å². The van der Waals surface area contributed by atoms with Crippen molar-refractivity contribution in [2.75, 3.05) is 13.7 Å². The van der Waals surface area contributed by atoms with Crippen molar-refractivity contribution in [3.05, 3.63) is 0 Å². The number of carbonyl (C=O) groups is 1. The van der Waals surface area contributed by atoms with E-state index in [0.29, 0.717) is 6.61 Å². The Morgan fingerprint density at radius 3 is 2.53 bits per heavy atom. The molecule has 1 amide bonds. The smallest absolute Gasteiger partial charge is 0.412 e. The van der Waals surface area contributed by atoms with Gasteiger partial charge < -0.3 is 14.2 Å². The molecule has 1 heterocycles. The van der Waals surface area contributed by atoms with Crippen molar-refractivity contribution in [1.29, 1.82) is 0 Å². The first-order chi connectivity index (χ1) is 8.57. The number of hydrogen-bond acceptors (Lipinski definition) is 4.